The first kappa shape index (κ1) is 8.39. The average Bonchev–Trinajstić information content (AvgIpc) is 2.31. The van der Waals surface area contributed by atoms with Crippen molar-refractivity contribution in [1.29, 1.82) is 0 Å². The zero-order valence-electron chi connectivity index (χ0n) is 5.75. The monoisotopic (exact) mass is 268 g/mol. The molecule has 10 heavy (non-hydrogen) atoms. The van der Waals surface area contributed by atoms with Gasteiger partial charge in [0.2, 0.25) is 0 Å². The largest absolute Gasteiger partial charge is 0.262 e. The number of thioether (sulfide) groups is 1. The summed E-state index contributed by atoms with van der Waals surface area (Å²) >= 11 is 4.13. The van der Waals surface area contributed by atoms with E-state index >= 15 is 0 Å². The molecule has 0 aliphatic rings. The zero-order valence-corrected chi connectivity index (χ0v) is 8.72. The van der Waals surface area contributed by atoms with E-state index in [-0.39, 0.29) is 0 Å². The standard InChI is InChI=1S/C6H9IN2S/c1-2-10-5-9-4-6(7)3-8-9/h3-4H,2,5H2,1H3. The molecule has 0 N–H and O–H groups in total. The van der Waals surface area contributed by atoms with Crippen LogP contribution in [0.25, 0.3) is 0 Å². The van der Waals surface area contributed by atoms with E-state index in [1.165, 1.54) is 3.57 Å². The van der Waals surface area contributed by atoms with Gasteiger partial charge in [-0.2, -0.15) is 5.10 Å². The summed E-state index contributed by atoms with van der Waals surface area (Å²) in [7, 11) is 0. The molecule has 0 atom stereocenters. The Kier molecular flexibility index (Phi) is 3.55. The van der Waals surface area contributed by atoms with Gasteiger partial charge in [0.1, 0.15) is 0 Å². The van der Waals surface area contributed by atoms with Crippen LogP contribution in [0, 0.1) is 3.57 Å². The van der Waals surface area contributed by atoms with Crippen LogP contribution in [0.2, 0.25) is 0 Å². The average molecular weight is 268 g/mol. The fourth-order valence-corrected chi connectivity index (χ4v) is 1.55. The lowest BCUT2D eigenvalue weighted by molar-refractivity contribution is 0.751. The fourth-order valence-electron chi connectivity index (χ4n) is 0.594. The molecule has 0 bridgehead atoms. The molecule has 0 radical (unpaired) electrons. The normalized spacial score (nSPS) is 10.2. The first-order valence-corrected chi connectivity index (χ1v) is 5.32. The molecular weight excluding hydrogens is 259 g/mol. The molecule has 0 fully saturated rings. The van der Waals surface area contributed by atoms with Gasteiger partial charge in [0.15, 0.2) is 0 Å². The molecule has 1 heterocycles. The second-order valence-electron chi connectivity index (χ2n) is 1.82. The summed E-state index contributed by atoms with van der Waals surface area (Å²) in [5.41, 5.74) is 0. The number of nitrogens with zero attached hydrogens (tertiary/aromatic N) is 2. The van der Waals surface area contributed by atoms with Crippen molar-refractivity contribution in [3.05, 3.63) is 16.0 Å². The maximum absolute atomic E-state index is 4.14. The molecule has 0 amide bonds. The molecule has 56 valence electrons. The summed E-state index contributed by atoms with van der Waals surface area (Å²) in [5.74, 6) is 2.12. The predicted octanol–water partition coefficient (Wildman–Crippen LogP) is 2.20. The van der Waals surface area contributed by atoms with Gasteiger partial charge in [0.05, 0.1) is 15.6 Å². The highest BCUT2D eigenvalue weighted by Gasteiger charge is 1.92. The van der Waals surface area contributed by atoms with Crippen molar-refractivity contribution >= 4 is 34.4 Å². The van der Waals surface area contributed by atoms with Crippen molar-refractivity contribution in [2.75, 3.05) is 5.75 Å². The van der Waals surface area contributed by atoms with E-state index in [0.29, 0.717) is 0 Å². The van der Waals surface area contributed by atoms with E-state index < -0.39 is 0 Å². The fraction of sp³-hybridized carbons (Fsp3) is 0.500. The Bertz CT molecular complexity index is 199. The molecular formula is C6H9IN2S. The molecule has 2 nitrogen and oxygen atoms in total. The minimum absolute atomic E-state index is 0.972. The summed E-state index contributed by atoms with van der Waals surface area (Å²) in [5, 5.41) is 4.14. The molecule has 0 unspecified atom stereocenters. The Morgan fingerprint density at radius 3 is 3.10 bits per heavy atom. The summed E-state index contributed by atoms with van der Waals surface area (Å²) in [6.45, 7) is 2.15. The van der Waals surface area contributed by atoms with E-state index in [1.54, 1.807) is 0 Å². The van der Waals surface area contributed by atoms with Crippen LogP contribution in [0.15, 0.2) is 12.4 Å². The maximum atomic E-state index is 4.14. The Balaban J connectivity index is 2.42. The number of hydrogen-bond acceptors (Lipinski definition) is 2. The quantitative estimate of drug-likeness (QED) is 0.782. The van der Waals surface area contributed by atoms with Gasteiger partial charge in [0.25, 0.3) is 0 Å². The number of aromatic nitrogens is 2. The zero-order chi connectivity index (χ0) is 7.40. The van der Waals surface area contributed by atoms with Crippen molar-refractivity contribution in [1.82, 2.24) is 9.78 Å². The van der Waals surface area contributed by atoms with Gasteiger partial charge in [-0.05, 0) is 28.3 Å². The number of rotatable bonds is 3. The Morgan fingerprint density at radius 1 is 1.80 bits per heavy atom. The van der Waals surface area contributed by atoms with Gasteiger partial charge in [-0.3, -0.25) is 4.68 Å². The molecule has 0 aliphatic heterocycles. The van der Waals surface area contributed by atoms with Crippen molar-refractivity contribution in [3.63, 3.8) is 0 Å². The lowest BCUT2D eigenvalue weighted by Crippen LogP contribution is -1.93. The van der Waals surface area contributed by atoms with Crippen LogP contribution in [0.3, 0.4) is 0 Å². The highest BCUT2D eigenvalue weighted by Crippen LogP contribution is 2.06. The van der Waals surface area contributed by atoms with E-state index in [9.17, 15) is 0 Å². The van der Waals surface area contributed by atoms with Gasteiger partial charge >= 0.3 is 0 Å². The van der Waals surface area contributed by atoms with E-state index in [1.807, 2.05) is 28.8 Å². The molecule has 0 spiro atoms. The van der Waals surface area contributed by atoms with E-state index in [2.05, 4.69) is 34.6 Å². The smallest absolute Gasteiger partial charge is 0.0863 e. The summed E-state index contributed by atoms with van der Waals surface area (Å²) in [6.07, 6.45) is 3.92. The molecule has 1 rings (SSSR count). The third-order valence-corrected chi connectivity index (χ3v) is 2.44. The molecule has 0 saturated heterocycles. The van der Waals surface area contributed by atoms with Crippen molar-refractivity contribution in [2.24, 2.45) is 0 Å². The van der Waals surface area contributed by atoms with Crippen LogP contribution >= 0.6 is 34.4 Å². The minimum Gasteiger partial charge on any atom is -0.262 e. The first-order valence-electron chi connectivity index (χ1n) is 3.08. The minimum atomic E-state index is 0.972. The SMILES string of the molecule is CCSCn1cc(I)cn1. The van der Waals surface area contributed by atoms with Crippen LogP contribution in [-0.2, 0) is 5.88 Å². The highest BCUT2D eigenvalue weighted by atomic mass is 127. The van der Waals surface area contributed by atoms with Gasteiger partial charge < -0.3 is 0 Å². The maximum Gasteiger partial charge on any atom is 0.0863 e. The Hall–Kier alpha value is 0.290. The third kappa shape index (κ3) is 2.49. The van der Waals surface area contributed by atoms with Crippen molar-refractivity contribution in [2.45, 2.75) is 12.8 Å². The lowest BCUT2D eigenvalue weighted by atomic mass is 10.8. The molecule has 0 saturated carbocycles. The molecule has 4 heteroatoms. The molecule has 1 aromatic heterocycles. The van der Waals surface area contributed by atoms with Crippen molar-refractivity contribution < 1.29 is 0 Å². The van der Waals surface area contributed by atoms with Crippen LogP contribution < -0.4 is 0 Å². The lowest BCUT2D eigenvalue weighted by Gasteiger charge is -1.96. The summed E-state index contributed by atoms with van der Waals surface area (Å²) < 4.78 is 3.16. The van der Waals surface area contributed by atoms with Crippen LogP contribution in [-0.4, -0.2) is 15.5 Å². The third-order valence-electron chi connectivity index (χ3n) is 1.03. The van der Waals surface area contributed by atoms with Gasteiger partial charge in [-0.1, -0.05) is 6.92 Å². The van der Waals surface area contributed by atoms with Crippen LogP contribution in [0.5, 0.6) is 0 Å². The van der Waals surface area contributed by atoms with Gasteiger partial charge in [0, 0.05) is 6.20 Å². The number of halogens is 1. The van der Waals surface area contributed by atoms with Gasteiger partial charge in [-0.25, -0.2) is 0 Å². The first-order chi connectivity index (χ1) is 4.83. The Labute approximate surface area is 78.5 Å². The van der Waals surface area contributed by atoms with E-state index in [4.69, 9.17) is 0 Å². The second kappa shape index (κ2) is 4.23. The number of hydrogen-bond donors (Lipinski definition) is 0. The van der Waals surface area contributed by atoms with Crippen LogP contribution in [0.1, 0.15) is 6.92 Å². The molecule has 0 aliphatic carbocycles. The second-order valence-corrected chi connectivity index (χ2v) is 4.31. The predicted molar refractivity (Wildman–Crippen MR) is 53.1 cm³/mol. The Morgan fingerprint density at radius 2 is 2.60 bits per heavy atom. The summed E-state index contributed by atoms with van der Waals surface area (Å²) in [6, 6.07) is 0. The summed E-state index contributed by atoms with van der Waals surface area (Å²) in [4.78, 5) is 0. The van der Waals surface area contributed by atoms with Gasteiger partial charge in [-0.15, -0.1) is 11.8 Å². The molecule has 1 aromatic rings. The molecule has 0 aromatic carbocycles. The topological polar surface area (TPSA) is 17.8 Å². The highest BCUT2D eigenvalue weighted by molar-refractivity contribution is 14.1. The van der Waals surface area contributed by atoms with Crippen LogP contribution in [0.4, 0.5) is 0 Å². The van der Waals surface area contributed by atoms with Crippen molar-refractivity contribution in [3.8, 4) is 0 Å². The van der Waals surface area contributed by atoms with E-state index in [0.717, 1.165) is 11.6 Å².